The lowest BCUT2D eigenvalue weighted by Crippen LogP contribution is -1.90. The third-order valence-corrected chi connectivity index (χ3v) is 1.88. The molecule has 0 unspecified atom stereocenters. The second kappa shape index (κ2) is 3.33. The van der Waals surface area contributed by atoms with E-state index in [0.717, 1.165) is 11.1 Å². The molecule has 2 aromatic heterocycles. The Morgan fingerprint density at radius 1 is 0.929 bits per heavy atom. The summed E-state index contributed by atoms with van der Waals surface area (Å²) in [5.41, 5.74) is 13.6. The molecular weight excluding hydrogens is 176 g/mol. The minimum atomic E-state index is 0.505. The average molecular weight is 186 g/mol. The van der Waals surface area contributed by atoms with Gasteiger partial charge >= 0.3 is 0 Å². The highest BCUT2D eigenvalue weighted by Crippen LogP contribution is 2.19. The van der Waals surface area contributed by atoms with Gasteiger partial charge in [0, 0.05) is 29.7 Å². The zero-order valence-electron chi connectivity index (χ0n) is 7.51. The van der Waals surface area contributed by atoms with E-state index in [1.54, 1.807) is 24.7 Å². The summed E-state index contributed by atoms with van der Waals surface area (Å²) in [6.45, 7) is 0. The van der Waals surface area contributed by atoms with Crippen LogP contribution in [0.25, 0.3) is 11.1 Å². The first-order chi connectivity index (χ1) is 6.75. The Balaban J connectivity index is 2.44. The summed E-state index contributed by atoms with van der Waals surface area (Å²) in [7, 11) is 0. The van der Waals surface area contributed by atoms with Crippen molar-refractivity contribution in [3.8, 4) is 11.1 Å². The van der Waals surface area contributed by atoms with E-state index in [2.05, 4.69) is 9.97 Å². The van der Waals surface area contributed by atoms with Crippen LogP contribution in [0.15, 0.2) is 36.8 Å². The summed E-state index contributed by atoms with van der Waals surface area (Å²) >= 11 is 0. The summed E-state index contributed by atoms with van der Waals surface area (Å²) in [4.78, 5) is 7.99. The molecule has 0 radical (unpaired) electrons. The number of nitrogens with two attached hydrogens (primary N) is 2. The predicted molar refractivity (Wildman–Crippen MR) is 56.3 cm³/mol. The number of anilines is 2. The minimum absolute atomic E-state index is 0.505. The van der Waals surface area contributed by atoms with Crippen molar-refractivity contribution in [2.45, 2.75) is 0 Å². The van der Waals surface area contributed by atoms with Crippen LogP contribution in [0.5, 0.6) is 0 Å². The van der Waals surface area contributed by atoms with Gasteiger partial charge in [-0.05, 0) is 18.2 Å². The normalized spacial score (nSPS) is 10.0. The van der Waals surface area contributed by atoms with E-state index >= 15 is 0 Å². The van der Waals surface area contributed by atoms with Gasteiger partial charge in [-0.1, -0.05) is 0 Å². The van der Waals surface area contributed by atoms with Crippen LogP contribution in [0.3, 0.4) is 0 Å². The molecule has 2 heterocycles. The van der Waals surface area contributed by atoms with E-state index in [4.69, 9.17) is 11.5 Å². The maximum atomic E-state index is 5.62. The smallest absolute Gasteiger partial charge is 0.123 e. The molecule has 0 saturated carbocycles. The van der Waals surface area contributed by atoms with Crippen molar-refractivity contribution in [1.82, 2.24) is 9.97 Å². The standard InChI is InChI=1S/C10H10N4/c11-9-3-8(4-13-6-9)7-1-2-10(12)14-5-7/h1-6H,11H2,(H2,12,14). The SMILES string of the molecule is Nc1cncc(-c2ccc(N)nc2)c1. The molecule has 70 valence electrons. The number of hydrogen-bond donors (Lipinski definition) is 2. The monoisotopic (exact) mass is 186 g/mol. The fourth-order valence-corrected chi connectivity index (χ4v) is 1.19. The molecular formula is C10H10N4. The summed E-state index contributed by atoms with van der Waals surface area (Å²) in [5, 5.41) is 0. The van der Waals surface area contributed by atoms with Gasteiger partial charge in [0.15, 0.2) is 0 Å². The van der Waals surface area contributed by atoms with E-state index in [1.165, 1.54) is 0 Å². The maximum Gasteiger partial charge on any atom is 0.123 e. The van der Waals surface area contributed by atoms with E-state index in [9.17, 15) is 0 Å². The van der Waals surface area contributed by atoms with Crippen molar-refractivity contribution < 1.29 is 0 Å². The number of aromatic nitrogens is 2. The summed E-state index contributed by atoms with van der Waals surface area (Å²) in [6.07, 6.45) is 5.05. The summed E-state index contributed by atoms with van der Waals surface area (Å²) in [6, 6.07) is 5.48. The second-order valence-electron chi connectivity index (χ2n) is 2.98. The second-order valence-corrected chi connectivity index (χ2v) is 2.98. The number of rotatable bonds is 1. The van der Waals surface area contributed by atoms with E-state index in [-0.39, 0.29) is 0 Å². The summed E-state index contributed by atoms with van der Waals surface area (Å²) < 4.78 is 0. The minimum Gasteiger partial charge on any atom is -0.397 e. The highest BCUT2D eigenvalue weighted by Gasteiger charge is 1.98. The molecule has 0 aromatic carbocycles. The first-order valence-electron chi connectivity index (χ1n) is 4.18. The van der Waals surface area contributed by atoms with Crippen molar-refractivity contribution in [2.75, 3.05) is 11.5 Å². The topological polar surface area (TPSA) is 77.8 Å². The predicted octanol–water partition coefficient (Wildman–Crippen LogP) is 1.31. The van der Waals surface area contributed by atoms with E-state index < -0.39 is 0 Å². The Kier molecular flexibility index (Phi) is 2.02. The Hall–Kier alpha value is -2.10. The highest BCUT2D eigenvalue weighted by molar-refractivity contribution is 5.65. The molecule has 0 saturated heterocycles. The fraction of sp³-hybridized carbons (Fsp3) is 0. The van der Waals surface area contributed by atoms with Crippen molar-refractivity contribution in [1.29, 1.82) is 0 Å². The van der Waals surface area contributed by atoms with Crippen LogP contribution >= 0.6 is 0 Å². The lowest BCUT2D eigenvalue weighted by atomic mass is 10.1. The zero-order valence-corrected chi connectivity index (χ0v) is 7.51. The molecule has 4 N–H and O–H groups in total. The van der Waals surface area contributed by atoms with Gasteiger partial charge in [-0.2, -0.15) is 0 Å². The molecule has 0 bridgehead atoms. The third-order valence-electron chi connectivity index (χ3n) is 1.88. The quantitative estimate of drug-likeness (QED) is 0.703. The van der Waals surface area contributed by atoms with Crippen LogP contribution in [0.1, 0.15) is 0 Å². The average Bonchev–Trinajstić information content (AvgIpc) is 2.19. The molecule has 0 atom stereocenters. The van der Waals surface area contributed by atoms with Crippen molar-refractivity contribution in [3.63, 3.8) is 0 Å². The van der Waals surface area contributed by atoms with Crippen molar-refractivity contribution in [3.05, 3.63) is 36.8 Å². The lowest BCUT2D eigenvalue weighted by Gasteiger charge is -2.01. The van der Waals surface area contributed by atoms with Crippen LogP contribution in [0.2, 0.25) is 0 Å². The van der Waals surface area contributed by atoms with E-state index in [0.29, 0.717) is 11.5 Å². The number of hydrogen-bond acceptors (Lipinski definition) is 4. The molecule has 0 aliphatic rings. The van der Waals surface area contributed by atoms with E-state index in [1.807, 2.05) is 12.1 Å². The first kappa shape index (κ1) is 8.50. The molecule has 4 heteroatoms. The largest absolute Gasteiger partial charge is 0.397 e. The van der Waals surface area contributed by atoms with Crippen LogP contribution in [-0.4, -0.2) is 9.97 Å². The van der Waals surface area contributed by atoms with Gasteiger partial charge in [-0.3, -0.25) is 4.98 Å². The van der Waals surface area contributed by atoms with Crippen LogP contribution in [-0.2, 0) is 0 Å². The highest BCUT2D eigenvalue weighted by atomic mass is 14.8. The molecule has 2 aromatic rings. The van der Waals surface area contributed by atoms with Gasteiger partial charge in [0.2, 0.25) is 0 Å². The molecule has 2 rings (SSSR count). The summed E-state index contributed by atoms with van der Waals surface area (Å²) in [5.74, 6) is 0.505. The lowest BCUT2D eigenvalue weighted by molar-refractivity contribution is 1.30. The molecule has 4 nitrogen and oxygen atoms in total. The molecule has 0 amide bonds. The van der Waals surface area contributed by atoms with Crippen LogP contribution in [0.4, 0.5) is 11.5 Å². The van der Waals surface area contributed by atoms with Gasteiger partial charge in [0.25, 0.3) is 0 Å². The van der Waals surface area contributed by atoms with Crippen molar-refractivity contribution in [2.24, 2.45) is 0 Å². The van der Waals surface area contributed by atoms with Crippen LogP contribution in [0, 0.1) is 0 Å². The van der Waals surface area contributed by atoms with Gasteiger partial charge in [0.05, 0.1) is 5.69 Å². The fourth-order valence-electron chi connectivity index (χ4n) is 1.19. The van der Waals surface area contributed by atoms with Crippen LogP contribution < -0.4 is 11.5 Å². The Labute approximate surface area is 81.6 Å². The van der Waals surface area contributed by atoms with Crippen molar-refractivity contribution >= 4 is 11.5 Å². The number of nitrogens with zero attached hydrogens (tertiary/aromatic N) is 2. The molecule has 0 aliphatic heterocycles. The third kappa shape index (κ3) is 1.64. The first-order valence-corrected chi connectivity index (χ1v) is 4.18. The zero-order chi connectivity index (χ0) is 9.97. The Morgan fingerprint density at radius 3 is 2.43 bits per heavy atom. The maximum absolute atomic E-state index is 5.62. The van der Waals surface area contributed by atoms with Gasteiger partial charge in [-0.25, -0.2) is 4.98 Å². The Bertz CT molecular complexity index is 436. The number of pyridine rings is 2. The Morgan fingerprint density at radius 2 is 1.79 bits per heavy atom. The van der Waals surface area contributed by atoms with Gasteiger partial charge < -0.3 is 11.5 Å². The molecule has 0 spiro atoms. The number of nitrogen functional groups attached to an aromatic ring is 2. The molecule has 14 heavy (non-hydrogen) atoms. The van der Waals surface area contributed by atoms with Gasteiger partial charge in [0.1, 0.15) is 5.82 Å². The van der Waals surface area contributed by atoms with Gasteiger partial charge in [-0.15, -0.1) is 0 Å². The molecule has 0 fully saturated rings. The molecule has 0 aliphatic carbocycles.